The van der Waals surface area contributed by atoms with Crippen molar-refractivity contribution in [3.63, 3.8) is 0 Å². The van der Waals surface area contributed by atoms with Crippen LogP contribution >= 0.6 is 0 Å². The lowest BCUT2D eigenvalue weighted by atomic mass is 10.4. The molecule has 19 heavy (non-hydrogen) atoms. The molecule has 0 bridgehead atoms. The highest BCUT2D eigenvalue weighted by molar-refractivity contribution is 7.89. The summed E-state index contributed by atoms with van der Waals surface area (Å²) in [7, 11) is -3.61. The van der Waals surface area contributed by atoms with E-state index >= 15 is 0 Å². The number of nitrogens with zero attached hydrogens (tertiary/aromatic N) is 4. The van der Waals surface area contributed by atoms with Gasteiger partial charge in [-0.25, -0.2) is 13.4 Å². The van der Waals surface area contributed by atoms with Gasteiger partial charge in [-0.05, 0) is 18.7 Å². The Hall–Kier alpha value is -1.49. The average Bonchev–Trinajstić information content (AvgIpc) is 2.47. The standard InChI is InChI=1S/C12H16N4O2S/c1-2-15-6-8-16(9-7-15)19(17,18)12-4-3-5-14-11(12)10-13/h3-5H,2,6-9H2,1H3. The molecule has 0 aliphatic carbocycles. The predicted octanol–water partition coefficient (Wildman–Crippen LogP) is 0.279. The van der Waals surface area contributed by atoms with Crippen molar-refractivity contribution < 1.29 is 8.42 Å². The molecule has 1 aliphatic rings. The monoisotopic (exact) mass is 280 g/mol. The SMILES string of the molecule is CCN1CCN(S(=O)(=O)c2cccnc2C#N)CC1. The number of rotatable bonds is 3. The van der Waals surface area contributed by atoms with Crippen molar-refractivity contribution in [1.82, 2.24) is 14.2 Å². The molecule has 0 unspecified atom stereocenters. The van der Waals surface area contributed by atoms with Crippen LogP contribution in [0, 0.1) is 11.3 Å². The van der Waals surface area contributed by atoms with Crippen LogP contribution in [-0.4, -0.2) is 55.3 Å². The van der Waals surface area contributed by atoms with Gasteiger partial charge in [-0.15, -0.1) is 0 Å². The molecule has 1 aromatic heterocycles. The number of hydrogen-bond acceptors (Lipinski definition) is 5. The molecule has 0 aromatic carbocycles. The fourth-order valence-electron chi connectivity index (χ4n) is 2.11. The van der Waals surface area contributed by atoms with E-state index < -0.39 is 10.0 Å². The van der Waals surface area contributed by atoms with Crippen LogP contribution in [0.1, 0.15) is 12.6 Å². The highest BCUT2D eigenvalue weighted by atomic mass is 32.2. The zero-order chi connectivity index (χ0) is 13.9. The van der Waals surface area contributed by atoms with E-state index in [2.05, 4.69) is 16.8 Å². The molecule has 0 amide bonds. The minimum absolute atomic E-state index is 0.00227. The molecule has 0 saturated carbocycles. The smallest absolute Gasteiger partial charge is 0.246 e. The summed E-state index contributed by atoms with van der Waals surface area (Å²) in [6.45, 7) is 5.32. The van der Waals surface area contributed by atoms with Gasteiger partial charge in [0.25, 0.3) is 0 Å². The highest BCUT2D eigenvalue weighted by Gasteiger charge is 2.30. The van der Waals surface area contributed by atoms with Gasteiger partial charge in [0.2, 0.25) is 10.0 Å². The Morgan fingerprint density at radius 3 is 2.63 bits per heavy atom. The molecule has 0 spiro atoms. The summed E-state index contributed by atoms with van der Waals surface area (Å²) in [5.41, 5.74) is -0.0413. The molecule has 2 rings (SSSR count). The fraction of sp³-hybridized carbons (Fsp3) is 0.500. The van der Waals surface area contributed by atoms with Crippen LogP contribution in [0.3, 0.4) is 0 Å². The average molecular weight is 280 g/mol. The molecule has 102 valence electrons. The Bertz CT molecular complexity index is 586. The molecule has 1 aromatic rings. The number of aromatic nitrogens is 1. The first-order valence-corrected chi connectivity index (χ1v) is 7.61. The van der Waals surface area contributed by atoms with Crippen LogP contribution in [0.2, 0.25) is 0 Å². The maximum atomic E-state index is 12.5. The molecule has 1 fully saturated rings. The van der Waals surface area contributed by atoms with Crippen LogP contribution in [0.4, 0.5) is 0 Å². The third-order valence-electron chi connectivity index (χ3n) is 3.27. The van der Waals surface area contributed by atoms with E-state index in [9.17, 15) is 8.42 Å². The number of nitriles is 1. The first-order chi connectivity index (χ1) is 9.09. The van der Waals surface area contributed by atoms with E-state index in [1.165, 1.54) is 22.6 Å². The van der Waals surface area contributed by atoms with Crippen molar-refractivity contribution in [3.05, 3.63) is 24.0 Å². The molecular formula is C12H16N4O2S. The van der Waals surface area contributed by atoms with Gasteiger partial charge in [-0.2, -0.15) is 9.57 Å². The maximum absolute atomic E-state index is 12.5. The zero-order valence-electron chi connectivity index (χ0n) is 10.8. The summed E-state index contributed by atoms with van der Waals surface area (Å²) >= 11 is 0. The van der Waals surface area contributed by atoms with E-state index in [0.717, 1.165) is 19.6 Å². The zero-order valence-corrected chi connectivity index (χ0v) is 11.6. The summed E-state index contributed by atoms with van der Waals surface area (Å²) in [6, 6.07) is 4.81. The minimum atomic E-state index is -3.61. The first kappa shape index (κ1) is 13.9. The molecule has 0 atom stereocenters. The van der Waals surface area contributed by atoms with E-state index in [1.54, 1.807) is 0 Å². The maximum Gasteiger partial charge on any atom is 0.246 e. The summed E-state index contributed by atoms with van der Waals surface area (Å²) in [5.74, 6) is 0. The van der Waals surface area contributed by atoms with Gasteiger partial charge in [0.05, 0.1) is 0 Å². The van der Waals surface area contributed by atoms with Crippen LogP contribution in [-0.2, 0) is 10.0 Å². The summed E-state index contributed by atoms with van der Waals surface area (Å²) < 4.78 is 26.4. The topological polar surface area (TPSA) is 77.3 Å². The van der Waals surface area contributed by atoms with Crippen LogP contribution in [0.5, 0.6) is 0 Å². The third kappa shape index (κ3) is 2.76. The van der Waals surface area contributed by atoms with Crippen molar-refractivity contribution in [1.29, 1.82) is 5.26 Å². The molecule has 0 radical (unpaired) electrons. The number of likely N-dealkylation sites (N-methyl/N-ethyl adjacent to an activating group) is 1. The van der Waals surface area contributed by atoms with Crippen molar-refractivity contribution >= 4 is 10.0 Å². The fourth-order valence-corrected chi connectivity index (χ4v) is 3.62. The van der Waals surface area contributed by atoms with Gasteiger partial charge in [0, 0.05) is 32.4 Å². The second-order valence-corrected chi connectivity index (χ2v) is 6.21. The minimum Gasteiger partial charge on any atom is -0.301 e. The van der Waals surface area contributed by atoms with Gasteiger partial charge in [0.1, 0.15) is 11.0 Å². The second kappa shape index (κ2) is 5.65. The molecule has 6 nitrogen and oxygen atoms in total. The Kier molecular flexibility index (Phi) is 4.14. The quantitative estimate of drug-likeness (QED) is 0.794. The van der Waals surface area contributed by atoms with E-state index in [1.807, 2.05) is 6.07 Å². The van der Waals surface area contributed by atoms with Gasteiger partial charge in [0.15, 0.2) is 5.69 Å². The lowest BCUT2D eigenvalue weighted by molar-refractivity contribution is 0.196. The Labute approximate surface area is 113 Å². The molecular weight excluding hydrogens is 264 g/mol. The number of hydrogen-bond donors (Lipinski definition) is 0. The molecule has 2 heterocycles. The lowest BCUT2D eigenvalue weighted by Gasteiger charge is -2.33. The van der Waals surface area contributed by atoms with Crippen LogP contribution in [0.25, 0.3) is 0 Å². The van der Waals surface area contributed by atoms with Crippen LogP contribution < -0.4 is 0 Å². The normalized spacial score (nSPS) is 18.1. The third-order valence-corrected chi connectivity index (χ3v) is 5.20. The predicted molar refractivity (Wildman–Crippen MR) is 69.8 cm³/mol. The van der Waals surface area contributed by atoms with Crippen molar-refractivity contribution in [2.24, 2.45) is 0 Å². The first-order valence-electron chi connectivity index (χ1n) is 6.17. The summed E-state index contributed by atoms with van der Waals surface area (Å²) in [6.07, 6.45) is 1.42. The lowest BCUT2D eigenvalue weighted by Crippen LogP contribution is -2.48. The number of pyridine rings is 1. The van der Waals surface area contributed by atoms with E-state index in [0.29, 0.717) is 13.1 Å². The largest absolute Gasteiger partial charge is 0.301 e. The van der Waals surface area contributed by atoms with Gasteiger partial charge in [-0.1, -0.05) is 6.92 Å². The number of piperazine rings is 1. The van der Waals surface area contributed by atoms with E-state index in [-0.39, 0.29) is 10.6 Å². The summed E-state index contributed by atoms with van der Waals surface area (Å²) in [5, 5.41) is 8.96. The van der Waals surface area contributed by atoms with Crippen LogP contribution in [0.15, 0.2) is 23.2 Å². The number of sulfonamides is 1. The molecule has 7 heteroatoms. The van der Waals surface area contributed by atoms with Crippen molar-refractivity contribution in [2.45, 2.75) is 11.8 Å². The van der Waals surface area contributed by atoms with Crippen molar-refractivity contribution in [3.8, 4) is 6.07 Å². The van der Waals surface area contributed by atoms with Gasteiger partial charge < -0.3 is 4.90 Å². The van der Waals surface area contributed by atoms with Gasteiger partial charge >= 0.3 is 0 Å². The molecule has 1 saturated heterocycles. The molecule has 1 aliphatic heterocycles. The Morgan fingerprint density at radius 1 is 1.37 bits per heavy atom. The highest BCUT2D eigenvalue weighted by Crippen LogP contribution is 2.19. The summed E-state index contributed by atoms with van der Waals surface area (Å²) in [4.78, 5) is 6.01. The van der Waals surface area contributed by atoms with E-state index in [4.69, 9.17) is 5.26 Å². The Balaban J connectivity index is 2.27. The van der Waals surface area contributed by atoms with Gasteiger partial charge in [-0.3, -0.25) is 0 Å². The second-order valence-electron chi connectivity index (χ2n) is 4.30. The van der Waals surface area contributed by atoms with Crippen molar-refractivity contribution in [2.75, 3.05) is 32.7 Å². The Morgan fingerprint density at radius 2 is 2.05 bits per heavy atom. The molecule has 0 N–H and O–H groups in total.